The minimum atomic E-state index is -4.44. The van der Waals surface area contributed by atoms with E-state index in [4.69, 9.17) is 0 Å². The number of alkyl halides is 3. The standard InChI is InChI=1S/C17H14F3NO2S/c1-13-7-9-16(10-8-13)24(22,23)21-11-3-5-14-4-2-6-15(12-14)17(18,19)20/h2,4,6-10,12,21H,11H2,1H3. The second-order valence-corrected chi connectivity index (χ2v) is 6.78. The van der Waals surface area contributed by atoms with Gasteiger partial charge < -0.3 is 0 Å². The van der Waals surface area contributed by atoms with Gasteiger partial charge in [0.1, 0.15) is 0 Å². The number of halogens is 3. The van der Waals surface area contributed by atoms with Crippen LogP contribution in [0, 0.1) is 18.8 Å². The molecule has 0 radical (unpaired) electrons. The number of hydrogen-bond acceptors (Lipinski definition) is 2. The molecule has 0 spiro atoms. The molecular formula is C17H14F3NO2S. The molecule has 2 aromatic carbocycles. The summed E-state index contributed by atoms with van der Waals surface area (Å²) in [5.74, 6) is 5.02. The third kappa shape index (κ3) is 4.85. The lowest BCUT2D eigenvalue weighted by molar-refractivity contribution is -0.137. The minimum Gasteiger partial charge on any atom is -0.207 e. The number of benzene rings is 2. The number of hydrogen-bond donors (Lipinski definition) is 1. The van der Waals surface area contributed by atoms with Crippen LogP contribution in [0.25, 0.3) is 0 Å². The van der Waals surface area contributed by atoms with Gasteiger partial charge >= 0.3 is 6.18 Å². The van der Waals surface area contributed by atoms with Crippen LogP contribution in [0.4, 0.5) is 13.2 Å². The molecule has 2 aromatic rings. The Morgan fingerprint density at radius 1 is 1.08 bits per heavy atom. The molecule has 0 saturated carbocycles. The van der Waals surface area contributed by atoms with Gasteiger partial charge in [0.25, 0.3) is 0 Å². The van der Waals surface area contributed by atoms with Crippen LogP contribution in [0.2, 0.25) is 0 Å². The van der Waals surface area contributed by atoms with Gasteiger partial charge in [-0.25, -0.2) is 8.42 Å². The smallest absolute Gasteiger partial charge is 0.207 e. The van der Waals surface area contributed by atoms with E-state index in [1.807, 2.05) is 6.92 Å². The van der Waals surface area contributed by atoms with E-state index in [1.54, 1.807) is 12.1 Å². The third-order valence-electron chi connectivity index (χ3n) is 3.10. The Hall–Kier alpha value is -2.30. The highest BCUT2D eigenvalue weighted by Gasteiger charge is 2.30. The number of nitrogens with one attached hydrogen (secondary N) is 1. The zero-order chi connectivity index (χ0) is 17.8. The Kier molecular flexibility index (Phi) is 5.32. The zero-order valence-corrected chi connectivity index (χ0v) is 13.5. The first kappa shape index (κ1) is 18.0. The van der Waals surface area contributed by atoms with Gasteiger partial charge in [-0.1, -0.05) is 35.6 Å². The monoisotopic (exact) mass is 353 g/mol. The highest BCUT2D eigenvalue weighted by Crippen LogP contribution is 2.29. The van der Waals surface area contributed by atoms with E-state index in [1.165, 1.54) is 24.3 Å². The van der Waals surface area contributed by atoms with E-state index >= 15 is 0 Å². The number of aryl methyl sites for hydroxylation is 1. The lowest BCUT2D eigenvalue weighted by atomic mass is 10.1. The molecule has 0 aliphatic carbocycles. The molecule has 7 heteroatoms. The first-order chi connectivity index (χ1) is 11.2. The largest absolute Gasteiger partial charge is 0.416 e. The maximum Gasteiger partial charge on any atom is 0.416 e. The summed E-state index contributed by atoms with van der Waals surface area (Å²) < 4.78 is 64.1. The Balaban J connectivity index is 2.05. The summed E-state index contributed by atoms with van der Waals surface area (Å²) in [4.78, 5) is 0.106. The molecule has 0 fully saturated rings. The fourth-order valence-electron chi connectivity index (χ4n) is 1.85. The van der Waals surface area contributed by atoms with Gasteiger partial charge in [-0.05, 0) is 37.3 Å². The van der Waals surface area contributed by atoms with E-state index in [9.17, 15) is 21.6 Å². The van der Waals surface area contributed by atoms with Crippen LogP contribution in [-0.4, -0.2) is 15.0 Å². The molecule has 1 N–H and O–H groups in total. The number of sulfonamides is 1. The molecule has 0 aliphatic rings. The van der Waals surface area contributed by atoms with E-state index in [2.05, 4.69) is 16.6 Å². The van der Waals surface area contributed by atoms with Gasteiger partial charge in [0, 0.05) is 5.56 Å². The highest BCUT2D eigenvalue weighted by molar-refractivity contribution is 7.89. The van der Waals surface area contributed by atoms with Gasteiger partial charge in [0.05, 0.1) is 17.0 Å². The normalized spacial score (nSPS) is 11.7. The summed E-state index contributed by atoms with van der Waals surface area (Å²) in [5, 5.41) is 0. The van der Waals surface area contributed by atoms with Crippen LogP contribution in [0.5, 0.6) is 0 Å². The van der Waals surface area contributed by atoms with E-state index in [0.29, 0.717) is 0 Å². The second kappa shape index (κ2) is 7.07. The molecule has 0 bridgehead atoms. The highest BCUT2D eigenvalue weighted by atomic mass is 32.2. The molecular weight excluding hydrogens is 339 g/mol. The number of rotatable bonds is 3. The predicted molar refractivity (Wildman–Crippen MR) is 84.7 cm³/mol. The lowest BCUT2D eigenvalue weighted by Gasteiger charge is -2.06. The molecule has 0 aliphatic heterocycles. The van der Waals surface area contributed by atoms with E-state index in [-0.39, 0.29) is 17.0 Å². The summed E-state index contributed by atoms with van der Waals surface area (Å²) in [7, 11) is -3.70. The predicted octanol–water partition coefficient (Wildman–Crippen LogP) is 3.34. The van der Waals surface area contributed by atoms with Crippen LogP contribution in [0.1, 0.15) is 16.7 Å². The fraction of sp³-hybridized carbons (Fsp3) is 0.176. The molecule has 0 saturated heterocycles. The van der Waals surface area contributed by atoms with Gasteiger partial charge in [-0.15, -0.1) is 0 Å². The van der Waals surface area contributed by atoms with Crippen LogP contribution >= 0.6 is 0 Å². The molecule has 0 atom stereocenters. The molecule has 126 valence electrons. The first-order valence-electron chi connectivity index (χ1n) is 6.91. The van der Waals surface area contributed by atoms with Crippen molar-refractivity contribution in [3.05, 3.63) is 65.2 Å². The average molecular weight is 353 g/mol. The van der Waals surface area contributed by atoms with Gasteiger partial charge in [-0.2, -0.15) is 17.9 Å². The van der Waals surface area contributed by atoms with Crippen LogP contribution in [-0.2, 0) is 16.2 Å². The third-order valence-corrected chi connectivity index (χ3v) is 4.52. The average Bonchev–Trinajstić information content (AvgIpc) is 2.51. The summed E-state index contributed by atoms with van der Waals surface area (Å²) in [6, 6.07) is 10.8. The summed E-state index contributed by atoms with van der Waals surface area (Å²) >= 11 is 0. The van der Waals surface area contributed by atoms with Gasteiger partial charge in [0.15, 0.2) is 0 Å². The van der Waals surface area contributed by atoms with Gasteiger partial charge in [-0.3, -0.25) is 0 Å². The van der Waals surface area contributed by atoms with Crippen molar-refractivity contribution in [2.24, 2.45) is 0 Å². The van der Waals surface area contributed by atoms with Crippen molar-refractivity contribution in [2.75, 3.05) is 6.54 Å². The van der Waals surface area contributed by atoms with Gasteiger partial charge in [0.2, 0.25) is 10.0 Å². The lowest BCUT2D eigenvalue weighted by Crippen LogP contribution is -2.23. The summed E-state index contributed by atoms with van der Waals surface area (Å²) in [5.41, 5.74) is 0.298. The maximum absolute atomic E-state index is 12.6. The molecule has 0 amide bonds. The molecule has 0 aromatic heterocycles. The Labute approximate surface area is 138 Å². The zero-order valence-electron chi connectivity index (χ0n) is 12.7. The molecule has 0 unspecified atom stereocenters. The maximum atomic E-state index is 12.6. The first-order valence-corrected chi connectivity index (χ1v) is 8.39. The van der Waals surface area contributed by atoms with Crippen molar-refractivity contribution in [1.82, 2.24) is 4.72 Å². The summed E-state index contributed by atoms with van der Waals surface area (Å²) in [6.07, 6.45) is -4.44. The topological polar surface area (TPSA) is 46.2 Å². The summed E-state index contributed by atoms with van der Waals surface area (Å²) in [6.45, 7) is 1.64. The van der Waals surface area contributed by atoms with Crippen molar-refractivity contribution >= 4 is 10.0 Å². The minimum absolute atomic E-state index is 0.106. The quantitative estimate of drug-likeness (QED) is 0.861. The van der Waals surface area contributed by atoms with Crippen molar-refractivity contribution in [2.45, 2.75) is 18.0 Å². The second-order valence-electron chi connectivity index (χ2n) is 5.02. The SMILES string of the molecule is Cc1ccc(S(=O)(=O)NCC#Cc2cccc(C(F)(F)F)c2)cc1. The molecule has 3 nitrogen and oxygen atoms in total. The Morgan fingerprint density at radius 3 is 2.38 bits per heavy atom. The van der Waals surface area contributed by atoms with E-state index < -0.39 is 21.8 Å². The molecule has 0 heterocycles. The molecule has 2 rings (SSSR count). The fourth-order valence-corrected chi connectivity index (χ4v) is 2.77. The Bertz CT molecular complexity index is 877. The molecule has 24 heavy (non-hydrogen) atoms. The van der Waals surface area contributed by atoms with Crippen LogP contribution < -0.4 is 4.72 Å². The Morgan fingerprint density at radius 2 is 1.75 bits per heavy atom. The van der Waals surface area contributed by atoms with Crippen molar-refractivity contribution in [3.8, 4) is 11.8 Å². The van der Waals surface area contributed by atoms with Crippen LogP contribution in [0.3, 0.4) is 0 Å². The van der Waals surface area contributed by atoms with Crippen molar-refractivity contribution in [3.63, 3.8) is 0 Å². The van der Waals surface area contributed by atoms with Crippen molar-refractivity contribution < 1.29 is 21.6 Å². The van der Waals surface area contributed by atoms with E-state index in [0.717, 1.165) is 17.7 Å². The van der Waals surface area contributed by atoms with Crippen LogP contribution in [0.15, 0.2) is 53.4 Å². The van der Waals surface area contributed by atoms with Crippen molar-refractivity contribution in [1.29, 1.82) is 0 Å².